The van der Waals surface area contributed by atoms with Crippen LogP contribution in [0.4, 0.5) is 4.39 Å². The molecule has 96 valence electrons. The molecule has 0 unspecified atom stereocenters. The van der Waals surface area contributed by atoms with Gasteiger partial charge in [0.15, 0.2) is 5.78 Å². The van der Waals surface area contributed by atoms with Crippen LogP contribution in [0.5, 0.6) is 5.75 Å². The largest absolute Gasteiger partial charge is 0.497 e. The van der Waals surface area contributed by atoms with Crippen LogP contribution in [0.1, 0.15) is 15.9 Å². The van der Waals surface area contributed by atoms with E-state index in [4.69, 9.17) is 4.74 Å². The second-order valence-electron chi connectivity index (χ2n) is 3.98. The number of allylic oxidation sites excluding steroid dienone is 1. The molecule has 0 aliphatic rings. The van der Waals surface area contributed by atoms with Crippen LogP contribution in [0.25, 0.3) is 6.08 Å². The zero-order chi connectivity index (χ0) is 13.7. The molecular formula is C16H13FO2. The topological polar surface area (TPSA) is 26.3 Å². The van der Waals surface area contributed by atoms with Gasteiger partial charge in [-0.3, -0.25) is 4.79 Å². The Kier molecular flexibility index (Phi) is 4.08. The first-order chi connectivity index (χ1) is 9.19. The van der Waals surface area contributed by atoms with Crippen molar-refractivity contribution in [2.24, 2.45) is 0 Å². The molecule has 2 aromatic rings. The summed E-state index contributed by atoms with van der Waals surface area (Å²) in [6, 6.07) is 12.9. The van der Waals surface area contributed by atoms with E-state index in [9.17, 15) is 9.18 Å². The van der Waals surface area contributed by atoms with E-state index in [1.807, 2.05) is 24.3 Å². The Morgan fingerprint density at radius 3 is 2.58 bits per heavy atom. The van der Waals surface area contributed by atoms with Crippen LogP contribution in [0.3, 0.4) is 0 Å². The second kappa shape index (κ2) is 5.96. The number of rotatable bonds is 4. The van der Waals surface area contributed by atoms with Crippen LogP contribution in [0, 0.1) is 5.82 Å². The van der Waals surface area contributed by atoms with Gasteiger partial charge in [0, 0.05) is 5.56 Å². The van der Waals surface area contributed by atoms with E-state index in [1.165, 1.54) is 30.3 Å². The van der Waals surface area contributed by atoms with Crippen LogP contribution in [-0.2, 0) is 0 Å². The summed E-state index contributed by atoms with van der Waals surface area (Å²) >= 11 is 0. The molecule has 2 rings (SSSR count). The van der Waals surface area contributed by atoms with E-state index in [0.717, 1.165) is 11.3 Å². The Balaban J connectivity index is 2.13. The predicted molar refractivity (Wildman–Crippen MR) is 72.8 cm³/mol. The lowest BCUT2D eigenvalue weighted by Gasteiger charge is -2.00. The molecule has 0 bridgehead atoms. The monoisotopic (exact) mass is 256 g/mol. The SMILES string of the molecule is COc1cccc(/C=C/C(=O)c2ccc(F)cc2)c1. The van der Waals surface area contributed by atoms with Crippen LogP contribution in [-0.4, -0.2) is 12.9 Å². The molecule has 0 aromatic heterocycles. The highest BCUT2D eigenvalue weighted by atomic mass is 19.1. The summed E-state index contributed by atoms with van der Waals surface area (Å²) in [5.41, 5.74) is 1.33. The van der Waals surface area contributed by atoms with E-state index in [2.05, 4.69) is 0 Å². The van der Waals surface area contributed by atoms with E-state index in [1.54, 1.807) is 13.2 Å². The molecule has 0 amide bonds. The third-order valence-electron chi connectivity index (χ3n) is 2.65. The molecule has 0 saturated carbocycles. The predicted octanol–water partition coefficient (Wildman–Crippen LogP) is 3.73. The van der Waals surface area contributed by atoms with Crippen LogP contribution >= 0.6 is 0 Å². The van der Waals surface area contributed by atoms with Crippen molar-refractivity contribution in [3.8, 4) is 5.75 Å². The molecule has 0 radical (unpaired) electrons. The molecule has 0 atom stereocenters. The number of carbonyl (C=O) groups excluding carboxylic acids is 1. The van der Waals surface area contributed by atoms with Gasteiger partial charge in [-0.05, 0) is 48.0 Å². The highest BCUT2D eigenvalue weighted by Crippen LogP contribution is 2.14. The van der Waals surface area contributed by atoms with Crippen molar-refractivity contribution in [3.63, 3.8) is 0 Å². The third kappa shape index (κ3) is 3.52. The minimum atomic E-state index is -0.353. The average molecular weight is 256 g/mol. The third-order valence-corrected chi connectivity index (χ3v) is 2.65. The second-order valence-corrected chi connectivity index (χ2v) is 3.98. The van der Waals surface area contributed by atoms with Crippen LogP contribution in [0.2, 0.25) is 0 Å². The highest BCUT2D eigenvalue weighted by Gasteiger charge is 2.01. The van der Waals surface area contributed by atoms with Gasteiger partial charge in [0.25, 0.3) is 0 Å². The van der Waals surface area contributed by atoms with Gasteiger partial charge >= 0.3 is 0 Å². The van der Waals surface area contributed by atoms with Crippen molar-refractivity contribution in [2.75, 3.05) is 7.11 Å². The maximum atomic E-state index is 12.7. The molecule has 19 heavy (non-hydrogen) atoms. The van der Waals surface area contributed by atoms with Crippen molar-refractivity contribution < 1.29 is 13.9 Å². The maximum absolute atomic E-state index is 12.7. The van der Waals surface area contributed by atoms with Gasteiger partial charge in [0.05, 0.1) is 7.11 Å². The number of ketones is 1. The summed E-state index contributed by atoms with van der Waals surface area (Å²) in [6.45, 7) is 0. The van der Waals surface area contributed by atoms with Gasteiger partial charge in [-0.1, -0.05) is 18.2 Å². The number of halogens is 1. The summed E-state index contributed by atoms with van der Waals surface area (Å²) in [5, 5.41) is 0. The zero-order valence-electron chi connectivity index (χ0n) is 10.5. The number of carbonyl (C=O) groups is 1. The quantitative estimate of drug-likeness (QED) is 0.615. The van der Waals surface area contributed by atoms with Crippen molar-refractivity contribution in [1.82, 2.24) is 0 Å². The lowest BCUT2D eigenvalue weighted by Crippen LogP contribution is -1.93. The fraction of sp³-hybridized carbons (Fsp3) is 0.0625. The first-order valence-corrected chi connectivity index (χ1v) is 5.81. The normalized spacial score (nSPS) is 10.6. The summed E-state index contributed by atoms with van der Waals surface area (Å²) in [5.74, 6) is 0.215. The van der Waals surface area contributed by atoms with Crippen molar-refractivity contribution in [1.29, 1.82) is 0 Å². The van der Waals surface area contributed by atoms with Crippen LogP contribution in [0.15, 0.2) is 54.6 Å². The number of ether oxygens (including phenoxy) is 1. The first-order valence-electron chi connectivity index (χ1n) is 5.81. The fourth-order valence-electron chi connectivity index (χ4n) is 1.63. The van der Waals surface area contributed by atoms with Crippen molar-refractivity contribution in [2.45, 2.75) is 0 Å². The molecule has 0 N–H and O–H groups in total. The van der Waals surface area contributed by atoms with Gasteiger partial charge in [0.2, 0.25) is 0 Å². The van der Waals surface area contributed by atoms with Crippen molar-refractivity contribution >= 4 is 11.9 Å². The van der Waals surface area contributed by atoms with Gasteiger partial charge in [-0.15, -0.1) is 0 Å². The number of methoxy groups -OCH3 is 1. The molecule has 0 aliphatic heterocycles. The Morgan fingerprint density at radius 2 is 1.89 bits per heavy atom. The lowest BCUT2D eigenvalue weighted by atomic mass is 10.1. The summed E-state index contributed by atoms with van der Waals surface area (Å²) in [7, 11) is 1.59. The first kappa shape index (κ1) is 13.0. The minimum absolute atomic E-state index is 0.164. The summed E-state index contributed by atoms with van der Waals surface area (Å²) in [6.07, 6.45) is 3.16. The smallest absolute Gasteiger partial charge is 0.185 e. The van der Waals surface area contributed by atoms with Gasteiger partial charge in [-0.25, -0.2) is 4.39 Å². The molecule has 0 aliphatic carbocycles. The standard InChI is InChI=1S/C16H13FO2/c1-19-15-4-2-3-12(11-15)5-10-16(18)13-6-8-14(17)9-7-13/h2-11H,1H3/b10-5+. The van der Waals surface area contributed by atoms with E-state index in [-0.39, 0.29) is 11.6 Å². The Hall–Kier alpha value is -2.42. The molecule has 0 heterocycles. The number of benzene rings is 2. The summed E-state index contributed by atoms with van der Waals surface area (Å²) < 4.78 is 17.8. The maximum Gasteiger partial charge on any atom is 0.185 e. The molecule has 3 heteroatoms. The van der Waals surface area contributed by atoms with E-state index >= 15 is 0 Å². The number of hydrogen-bond donors (Lipinski definition) is 0. The summed E-state index contributed by atoms with van der Waals surface area (Å²) in [4.78, 5) is 11.8. The number of hydrogen-bond acceptors (Lipinski definition) is 2. The molecule has 0 spiro atoms. The zero-order valence-corrected chi connectivity index (χ0v) is 10.5. The Labute approximate surface area is 111 Å². The lowest BCUT2D eigenvalue weighted by molar-refractivity contribution is 0.104. The fourth-order valence-corrected chi connectivity index (χ4v) is 1.63. The average Bonchev–Trinajstić information content (AvgIpc) is 2.46. The molecule has 0 fully saturated rings. The minimum Gasteiger partial charge on any atom is -0.497 e. The highest BCUT2D eigenvalue weighted by molar-refractivity contribution is 6.06. The molecule has 0 saturated heterocycles. The molecule has 2 aromatic carbocycles. The Morgan fingerprint density at radius 1 is 1.16 bits per heavy atom. The molecule has 2 nitrogen and oxygen atoms in total. The van der Waals surface area contributed by atoms with Gasteiger partial charge in [-0.2, -0.15) is 0 Å². The van der Waals surface area contributed by atoms with E-state index in [0.29, 0.717) is 5.56 Å². The van der Waals surface area contributed by atoms with Gasteiger partial charge in [0.1, 0.15) is 11.6 Å². The van der Waals surface area contributed by atoms with Crippen molar-refractivity contribution in [3.05, 3.63) is 71.6 Å². The molecular weight excluding hydrogens is 243 g/mol. The Bertz CT molecular complexity index is 600. The van der Waals surface area contributed by atoms with Crippen LogP contribution < -0.4 is 4.74 Å². The van der Waals surface area contributed by atoms with E-state index < -0.39 is 0 Å². The van der Waals surface area contributed by atoms with Gasteiger partial charge < -0.3 is 4.74 Å².